The lowest BCUT2D eigenvalue weighted by Gasteiger charge is -2.21. The molecule has 0 saturated heterocycles. The molecule has 0 aliphatic rings. The maximum Gasteiger partial charge on any atom is 0.315 e. The van der Waals surface area contributed by atoms with E-state index in [0.717, 1.165) is 29.0 Å². The second-order valence-electron chi connectivity index (χ2n) is 6.85. The van der Waals surface area contributed by atoms with E-state index >= 15 is 0 Å². The first-order valence-corrected chi connectivity index (χ1v) is 8.34. The Kier molecular flexibility index (Phi) is 6.33. The Hall–Kier alpha value is -2.63. The number of ether oxygens (including phenoxy) is 1. The summed E-state index contributed by atoms with van der Waals surface area (Å²) in [4.78, 5) is 20.4. The largest absolute Gasteiger partial charge is 0.497 e. The Balaban J connectivity index is 1.79. The van der Waals surface area contributed by atoms with Crippen LogP contribution in [0.4, 0.5) is 4.79 Å². The fourth-order valence-corrected chi connectivity index (χ4v) is 2.51. The van der Waals surface area contributed by atoms with E-state index in [1.165, 1.54) is 0 Å². The topological polar surface area (TPSA) is 76.1 Å². The van der Waals surface area contributed by atoms with E-state index in [1.54, 1.807) is 19.6 Å². The number of nitrogens with one attached hydrogen (secondary N) is 2. The van der Waals surface area contributed by atoms with Gasteiger partial charge in [-0.1, -0.05) is 32.9 Å². The first-order valence-electron chi connectivity index (χ1n) is 8.34. The van der Waals surface area contributed by atoms with Crippen LogP contribution in [-0.2, 0) is 18.4 Å². The molecule has 1 heterocycles. The molecule has 0 saturated carbocycles. The number of nitrogens with zero attached hydrogens (tertiary/aromatic N) is 2. The van der Waals surface area contributed by atoms with Crippen molar-refractivity contribution in [1.29, 1.82) is 0 Å². The fraction of sp³-hybridized carbons (Fsp3) is 0.421. The average Bonchev–Trinajstić information content (AvgIpc) is 2.60. The molecule has 0 fully saturated rings. The summed E-state index contributed by atoms with van der Waals surface area (Å²) in [5.41, 5.74) is 2.93. The lowest BCUT2D eigenvalue weighted by molar-refractivity contribution is 0.240. The minimum atomic E-state index is -0.197. The number of carbonyl (C=O) groups is 1. The number of urea groups is 1. The minimum absolute atomic E-state index is 0.0925. The van der Waals surface area contributed by atoms with Gasteiger partial charge in [-0.15, -0.1) is 0 Å². The lowest BCUT2D eigenvalue weighted by atomic mass is 9.89. The van der Waals surface area contributed by atoms with E-state index in [1.807, 2.05) is 24.3 Å². The van der Waals surface area contributed by atoms with Crippen molar-refractivity contribution >= 4 is 6.03 Å². The quantitative estimate of drug-likeness (QED) is 0.846. The van der Waals surface area contributed by atoms with E-state index in [2.05, 4.69) is 41.4 Å². The third-order valence-electron chi connectivity index (χ3n) is 3.80. The molecule has 1 aromatic heterocycles. The summed E-state index contributed by atoms with van der Waals surface area (Å²) in [6.07, 6.45) is 4.06. The van der Waals surface area contributed by atoms with Crippen molar-refractivity contribution in [2.45, 2.75) is 39.2 Å². The molecular formula is C19H26N4O2. The van der Waals surface area contributed by atoms with Crippen molar-refractivity contribution in [3.63, 3.8) is 0 Å². The molecule has 2 N–H and O–H groups in total. The fourth-order valence-electron chi connectivity index (χ4n) is 2.51. The molecule has 0 aliphatic heterocycles. The number of hydrogen-bond donors (Lipinski definition) is 2. The maximum absolute atomic E-state index is 12.0. The van der Waals surface area contributed by atoms with E-state index in [-0.39, 0.29) is 11.4 Å². The van der Waals surface area contributed by atoms with Gasteiger partial charge in [0.2, 0.25) is 0 Å². The molecule has 2 rings (SSSR count). The first-order chi connectivity index (χ1) is 11.9. The van der Waals surface area contributed by atoms with Crippen LogP contribution in [0.2, 0.25) is 0 Å². The summed E-state index contributed by atoms with van der Waals surface area (Å²) in [7, 11) is 1.64. The number of benzene rings is 1. The standard InChI is InChI=1S/C19H26N4O2/c1-19(2,3)17-15(11-20-13-23-17)12-22-18(24)21-10-9-14-5-7-16(25-4)8-6-14/h5-8,11,13H,9-10,12H2,1-4H3,(H2,21,22,24). The van der Waals surface area contributed by atoms with Crippen molar-refractivity contribution in [1.82, 2.24) is 20.6 Å². The Morgan fingerprint density at radius 1 is 1.16 bits per heavy atom. The molecule has 134 valence electrons. The van der Waals surface area contributed by atoms with E-state index in [4.69, 9.17) is 4.74 Å². The highest BCUT2D eigenvalue weighted by Crippen LogP contribution is 2.22. The predicted octanol–water partition coefficient (Wildman–Crippen LogP) is 2.82. The summed E-state index contributed by atoms with van der Waals surface area (Å²) in [6.45, 7) is 7.24. The molecule has 1 aromatic carbocycles. The normalized spacial score (nSPS) is 11.0. The summed E-state index contributed by atoms with van der Waals surface area (Å²) in [6, 6.07) is 7.62. The summed E-state index contributed by atoms with van der Waals surface area (Å²) >= 11 is 0. The molecule has 0 spiro atoms. The average molecular weight is 342 g/mol. The minimum Gasteiger partial charge on any atom is -0.497 e. The van der Waals surface area contributed by atoms with Crippen LogP contribution in [0.3, 0.4) is 0 Å². The summed E-state index contributed by atoms with van der Waals surface area (Å²) in [5, 5.41) is 5.73. The molecule has 6 nitrogen and oxygen atoms in total. The van der Waals surface area contributed by atoms with Gasteiger partial charge < -0.3 is 15.4 Å². The third kappa shape index (κ3) is 5.74. The van der Waals surface area contributed by atoms with Crippen molar-refractivity contribution in [3.8, 4) is 5.75 Å². The molecule has 0 bridgehead atoms. The molecule has 6 heteroatoms. The number of hydrogen-bond acceptors (Lipinski definition) is 4. The van der Waals surface area contributed by atoms with E-state index in [9.17, 15) is 4.79 Å². The van der Waals surface area contributed by atoms with Gasteiger partial charge in [0.1, 0.15) is 12.1 Å². The van der Waals surface area contributed by atoms with Crippen molar-refractivity contribution in [2.75, 3.05) is 13.7 Å². The molecule has 2 aromatic rings. The number of amides is 2. The van der Waals surface area contributed by atoms with E-state index in [0.29, 0.717) is 13.1 Å². The van der Waals surface area contributed by atoms with Crippen LogP contribution in [-0.4, -0.2) is 29.7 Å². The van der Waals surface area contributed by atoms with Gasteiger partial charge in [0, 0.05) is 30.3 Å². The van der Waals surface area contributed by atoms with Crippen LogP contribution < -0.4 is 15.4 Å². The monoisotopic (exact) mass is 342 g/mol. The number of aromatic nitrogens is 2. The van der Waals surface area contributed by atoms with Crippen LogP contribution in [0.15, 0.2) is 36.8 Å². The number of methoxy groups -OCH3 is 1. The van der Waals surface area contributed by atoms with Gasteiger partial charge in [0.05, 0.1) is 12.8 Å². The van der Waals surface area contributed by atoms with Crippen LogP contribution in [0.25, 0.3) is 0 Å². The van der Waals surface area contributed by atoms with E-state index < -0.39 is 0 Å². The molecule has 0 radical (unpaired) electrons. The molecular weight excluding hydrogens is 316 g/mol. The maximum atomic E-state index is 12.0. The van der Waals surface area contributed by atoms with Crippen molar-refractivity contribution < 1.29 is 9.53 Å². The summed E-state index contributed by atoms with van der Waals surface area (Å²) in [5.74, 6) is 0.828. The van der Waals surface area contributed by atoms with Gasteiger partial charge in [-0.05, 0) is 24.1 Å². The van der Waals surface area contributed by atoms with Gasteiger partial charge in [-0.25, -0.2) is 14.8 Å². The highest BCUT2D eigenvalue weighted by atomic mass is 16.5. The first kappa shape index (κ1) is 18.7. The Morgan fingerprint density at radius 3 is 2.52 bits per heavy atom. The van der Waals surface area contributed by atoms with Gasteiger partial charge in [0.15, 0.2) is 0 Å². The second kappa shape index (κ2) is 8.46. The Bertz CT molecular complexity index is 693. The highest BCUT2D eigenvalue weighted by Gasteiger charge is 2.19. The zero-order valence-corrected chi connectivity index (χ0v) is 15.3. The third-order valence-corrected chi connectivity index (χ3v) is 3.80. The van der Waals surface area contributed by atoms with Gasteiger partial charge in [-0.3, -0.25) is 0 Å². The van der Waals surface area contributed by atoms with Crippen LogP contribution in [0.5, 0.6) is 5.75 Å². The lowest BCUT2D eigenvalue weighted by Crippen LogP contribution is -2.36. The number of carbonyl (C=O) groups excluding carboxylic acids is 1. The zero-order chi connectivity index (χ0) is 18.3. The molecule has 25 heavy (non-hydrogen) atoms. The smallest absolute Gasteiger partial charge is 0.315 e. The molecule has 0 aliphatic carbocycles. The summed E-state index contributed by atoms with van der Waals surface area (Å²) < 4.78 is 5.13. The van der Waals surface area contributed by atoms with Gasteiger partial charge in [-0.2, -0.15) is 0 Å². The van der Waals surface area contributed by atoms with Crippen molar-refractivity contribution in [2.24, 2.45) is 0 Å². The SMILES string of the molecule is COc1ccc(CCNC(=O)NCc2cncnc2C(C)(C)C)cc1. The molecule has 0 atom stereocenters. The Labute approximate surface area is 149 Å². The van der Waals surface area contributed by atoms with Crippen molar-refractivity contribution in [3.05, 3.63) is 53.6 Å². The second-order valence-corrected chi connectivity index (χ2v) is 6.85. The van der Waals surface area contributed by atoms with Gasteiger partial charge in [0.25, 0.3) is 0 Å². The van der Waals surface area contributed by atoms with Crippen LogP contribution >= 0.6 is 0 Å². The number of rotatable bonds is 6. The van der Waals surface area contributed by atoms with Crippen LogP contribution in [0.1, 0.15) is 37.6 Å². The van der Waals surface area contributed by atoms with Gasteiger partial charge >= 0.3 is 6.03 Å². The molecule has 0 unspecified atom stereocenters. The zero-order valence-electron chi connectivity index (χ0n) is 15.3. The Morgan fingerprint density at radius 2 is 1.88 bits per heavy atom. The predicted molar refractivity (Wildman–Crippen MR) is 97.7 cm³/mol. The molecule has 2 amide bonds. The van der Waals surface area contributed by atoms with Crippen LogP contribution in [0, 0.1) is 0 Å². The highest BCUT2D eigenvalue weighted by molar-refractivity contribution is 5.73.